The van der Waals surface area contributed by atoms with Gasteiger partial charge in [-0.1, -0.05) is 0 Å². The number of ether oxygens (including phenoxy) is 1. The van der Waals surface area contributed by atoms with E-state index in [1.54, 1.807) is 6.20 Å². The molecule has 1 aliphatic heterocycles. The van der Waals surface area contributed by atoms with Crippen LogP contribution in [-0.4, -0.2) is 23.7 Å². The molecule has 1 unspecified atom stereocenters. The monoisotopic (exact) mass is 270 g/mol. The summed E-state index contributed by atoms with van der Waals surface area (Å²) in [5, 5.41) is 3.52. The van der Waals surface area contributed by atoms with Crippen LogP contribution in [0.5, 0.6) is 0 Å². The molecule has 2 rings (SSSR count). The van der Waals surface area contributed by atoms with E-state index in [4.69, 9.17) is 4.74 Å². The standard InChI is InChI=1S/C11H15BrN2O/c1-11(2-3-15-8-11)14-6-9-4-10(12)7-13-5-9/h4-5,7,14H,2-3,6,8H2,1H3. The molecule has 1 aromatic rings. The van der Waals surface area contributed by atoms with Gasteiger partial charge in [0, 0.05) is 35.6 Å². The van der Waals surface area contributed by atoms with Gasteiger partial charge < -0.3 is 10.1 Å². The van der Waals surface area contributed by atoms with Crippen LogP contribution in [0.2, 0.25) is 0 Å². The van der Waals surface area contributed by atoms with Gasteiger partial charge in [-0.25, -0.2) is 0 Å². The lowest BCUT2D eigenvalue weighted by molar-refractivity contribution is 0.171. The normalized spacial score (nSPS) is 25.7. The third kappa shape index (κ3) is 3.00. The van der Waals surface area contributed by atoms with Gasteiger partial charge in [0.15, 0.2) is 0 Å². The van der Waals surface area contributed by atoms with Crippen molar-refractivity contribution in [3.63, 3.8) is 0 Å². The van der Waals surface area contributed by atoms with Crippen molar-refractivity contribution in [1.29, 1.82) is 0 Å². The highest BCUT2D eigenvalue weighted by molar-refractivity contribution is 9.10. The van der Waals surface area contributed by atoms with Crippen LogP contribution in [0.4, 0.5) is 0 Å². The molecule has 0 bridgehead atoms. The molecule has 1 atom stereocenters. The largest absolute Gasteiger partial charge is 0.379 e. The lowest BCUT2D eigenvalue weighted by atomic mass is 10.0. The summed E-state index contributed by atoms with van der Waals surface area (Å²) >= 11 is 3.41. The van der Waals surface area contributed by atoms with Crippen molar-refractivity contribution in [3.05, 3.63) is 28.5 Å². The number of hydrogen-bond donors (Lipinski definition) is 1. The molecule has 1 fully saturated rings. The number of aromatic nitrogens is 1. The average molecular weight is 271 g/mol. The third-order valence-electron chi connectivity index (χ3n) is 2.70. The van der Waals surface area contributed by atoms with Crippen molar-refractivity contribution < 1.29 is 4.74 Å². The predicted molar refractivity (Wildman–Crippen MR) is 62.6 cm³/mol. The van der Waals surface area contributed by atoms with Gasteiger partial charge in [-0.05, 0) is 40.9 Å². The molecule has 0 spiro atoms. The highest BCUT2D eigenvalue weighted by atomic mass is 79.9. The van der Waals surface area contributed by atoms with Crippen molar-refractivity contribution in [2.45, 2.75) is 25.4 Å². The van der Waals surface area contributed by atoms with Gasteiger partial charge >= 0.3 is 0 Å². The van der Waals surface area contributed by atoms with Crippen LogP contribution >= 0.6 is 15.9 Å². The Kier molecular flexibility index (Phi) is 3.38. The average Bonchev–Trinajstić information content (AvgIpc) is 2.63. The van der Waals surface area contributed by atoms with Crippen molar-refractivity contribution in [3.8, 4) is 0 Å². The second-order valence-corrected chi connectivity index (χ2v) is 5.14. The number of pyridine rings is 1. The van der Waals surface area contributed by atoms with Crippen LogP contribution in [0.15, 0.2) is 22.9 Å². The van der Waals surface area contributed by atoms with Crippen molar-refractivity contribution in [2.75, 3.05) is 13.2 Å². The molecular formula is C11H15BrN2O. The van der Waals surface area contributed by atoms with Crippen LogP contribution in [0.3, 0.4) is 0 Å². The lowest BCUT2D eigenvalue weighted by Crippen LogP contribution is -2.42. The van der Waals surface area contributed by atoms with Crippen LogP contribution in [0, 0.1) is 0 Å². The molecule has 15 heavy (non-hydrogen) atoms. The molecule has 0 amide bonds. The van der Waals surface area contributed by atoms with E-state index < -0.39 is 0 Å². The van der Waals surface area contributed by atoms with Gasteiger partial charge in [0.1, 0.15) is 0 Å². The summed E-state index contributed by atoms with van der Waals surface area (Å²) in [5.41, 5.74) is 1.32. The summed E-state index contributed by atoms with van der Waals surface area (Å²) in [4.78, 5) is 4.13. The molecule has 0 aliphatic carbocycles. The van der Waals surface area contributed by atoms with Gasteiger partial charge in [-0.15, -0.1) is 0 Å². The first-order chi connectivity index (χ1) is 7.18. The van der Waals surface area contributed by atoms with Crippen molar-refractivity contribution in [2.24, 2.45) is 0 Å². The first kappa shape index (κ1) is 11.0. The van der Waals surface area contributed by atoms with E-state index in [-0.39, 0.29) is 5.54 Å². The number of hydrogen-bond acceptors (Lipinski definition) is 3. The van der Waals surface area contributed by atoms with E-state index in [2.05, 4.69) is 39.2 Å². The Morgan fingerprint density at radius 2 is 2.47 bits per heavy atom. The fourth-order valence-corrected chi connectivity index (χ4v) is 2.09. The molecule has 0 saturated carbocycles. The molecule has 2 heterocycles. The van der Waals surface area contributed by atoms with Gasteiger partial charge in [-0.3, -0.25) is 4.98 Å². The summed E-state index contributed by atoms with van der Waals surface area (Å²) in [6.45, 7) is 4.70. The van der Waals surface area contributed by atoms with Gasteiger partial charge in [0.25, 0.3) is 0 Å². The Morgan fingerprint density at radius 3 is 3.13 bits per heavy atom. The Balaban J connectivity index is 1.92. The maximum atomic E-state index is 5.38. The van der Waals surface area contributed by atoms with E-state index in [9.17, 15) is 0 Å². The smallest absolute Gasteiger partial charge is 0.0646 e. The van der Waals surface area contributed by atoms with Gasteiger partial charge in [0.2, 0.25) is 0 Å². The Hall–Kier alpha value is -0.450. The van der Waals surface area contributed by atoms with Crippen molar-refractivity contribution >= 4 is 15.9 Å². The fraction of sp³-hybridized carbons (Fsp3) is 0.545. The molecular weight excluding hydrogens is 256 g/mol. The summed E-state index contributed by atoms with van der Waals surface area (Å²) in [5.74, 6) is 0. The number of nitrogens with one attached hydrogen (secondary N) is 1. The number of halogens is 1. The molecule has 1 saturated heterocycles. The van der Waals surface area contributed by atoms with E-state index in [1.165, 1.54) is 5.56 Å². The molecule has 1 aliphatic rings. The van der Waals surface area contributed by atoms with E-state index in [1.807, 2.05) is 6.20 Å². The first-order valence-corrected chi connectivity index (χ1v) is 5.89. The zero-order valence-electron chi connectivity index (χ0n) is 8.79. The Morgan fingerprint density at radius 1 is 1.60 bits per heavy atom. The van der Waals surface area contributed by atoms with Crippen LogP contribution in [-0.2, 0) is 11.3 Å². The minimum Gasteiger partial charge on any atom is -0.379 e. The lowest BCUT2D eigenvalue weighted by Gasteiger charge is -2.23. The minimum atomic E-state index is 0.127. The van der Waals surface area contributed by atoms with E-state index >= 15 is 0 Å². The summed E-state index contributed by atoms with van der Waals surface area (Å²) in [6, 6.07) is 2.08. The maximum absolute atomic E-state index is 5.38. The number of nitrogens with zero attached hydrogens (tertiary/aromatic N) is 1. The Labute approximate surface area is 98.4 Å². The zero-order chi connectivity index (χ0) is 10.7. The van der Waals surface area contributed by atoms with Crippen molar-refractivity contribution in [1.82, 2.24) is 10.3 Å². The summed E-state index contributed by atoms with van der Waals surface area (Å²) in [7, 11) is 0. The maximum Gasteiger partial charge on any atom is 0.0646 e. The molecule has 82 valence electrons. The number of rotatable bonds is 3. The topological polar surface area (TPSA) is 34.2 Å². The van der Waals surface area contributed by atoms with Gasteiger partial charge in [0.05, 0.1) is 6.61 Å². The molecule has 1 N–H and O–H groups in total. The molecule has 0 radical (unpaired) electrons. The summed E-state index contributed by atoms with van der Waals surface area (Å²) in [6.07, 6.45) is 4.76. The van der Waals surface area contributed by atoms with E-state index in [0.717, 1.165) is 30.7 Å². The van der Waals surface area contributed by atoms with Gasteiger partial charge in [-0.2, -0.15) is 0 Å². The fourth-order valence-electron chi connectivity index (χ4n) is 1.67. The second-order valence-electron chi connectivity index (χ2n) is 4.23. The Bertz CT molecular complexity index is 337. The van der Waals surface area contributed by atoms with Crippen LogP contribution < -0.4 is 5.32 Å². The van der Waals surface area contributed by atoms with Crippen LogP contribution in [0.25, 0.3) is 0 Å². The second kappa shape index (κ2) is 4.60. The molecule has 4 heteroatoms. The highest BCUT2D eigenvalue weighted by Gasteiger charge is 2.28. The molecule has 0 aromatic carbocycles. The highest BCUT2D eigenvalue weighted by Crippen LogP contribution is 2.18. The van der Waals surface area contributed by atoms with Crippen LogP contribution in [0.1, 0.15) is 18.9 Å². The summed E-state index contributed by atoms with van der Waals surface area (Å²) < 4.78 is 6.41. The molecule has 3 nitrogen and oxygen atoms in total. The quantitative estimate of drug-likeness (QED) is 0.914. The SMILES string of the molecule is CC1(NCc2cncc(Br)c2)CCOC1. The minimum absolute atomic E-state index is 0.127. The zero-order valence-corrected chi connectivity index (χ0v) is 10.4. The predicted octanol–water partition coefficient (Wildman–Crippen LogP) is 2.11. The first-order valence-electron chi connectivity index (χ1n) is 5.10. The molecule has 1 aromatic heterocycles. The van der Waals surface area contributed by atoms with E-state index in [0.29, 0.717) is 0 Å². The third-order valence-corrected chi connectivity index (χ3v) is 3.13.